The maximum Gasteiger partial charge on any atom is 0.0996 e. The van der Waals surface area contributed by atoms with Gasteiger partial charge in [0.05, 0.1) is 5.69 Å². The van der Waals surface area contributed by atoms with Gasteiger partial charge in [-0.3, -0.25) is 10.1 Å². The number of pyridine rings is 1. The first-order valence-electron chi connectivity index (χ1n) is 11.2. The van der Waals surface area contributed by atoms with E-state index in [9.17, 15) is 0 Å². The molecule has 1 aliphatic rings. The van der Waals surface area contributed by atoms with E-state index in [0.717, 1.165) is 28.9 Å². The Morgan fingerprint density at radius 1 is 0.758 bits per heavy atom. The van der Waals surface area contributed by atoms with Crippen LogP contribution in [-0.4, -0.2) is 43.4 Å². The summed E-state index contributed by atoms with van der Waals surface area (Å²) >= 11 is 0. The average molecular weight is 436 g/mol. The Morgan fingerprint density at radius 3 is 1.82 bits per heavy atom. The highest BCUT2D eigenvalue weighted by Crippen LogP contribution is 2.43. The maximum absolute atomic E-state index is 4.68. The Morgan fingerprint density at radius 2 is 1.30 bits per heavy atom. The molecule has 0 bridgehead atoms. The number of hydrogen-bond donors (Lipinski definition) is 1. The molecular formula is C28H29N5. The van der Waals surface area contributed by atoms with E-state index >= 15 is 0 Å². The van der Waals surface area contributed by atoms with Crippen LogP contribution in [0.5, 0.6) is 0 Å². The smallest absolute Gasteiger partial charge is 0.0996 e. The second-order valence-corrected chi connectivity index (χ2v) is 9.06. The molecule has 0 spiro atoms. The van der Waals surface area contributed by atoms with Gasteiger partial charge in [0, 0.05) is 80.6 Å². The highest BCUT2D eigenvalue weighted by Gasteiger charge is 2.36. The Labute approximate surface area is 195 Å². The molecule has 1 N–H and O–H groups in total. The first-order valence-corrected chi connectivity index (χ1v) is 11.2. The minimum Gasteiger partial charge on any atom is -0.378 e. The fourth-order valence-electron chi connectivity index (χ4n) is 4.67. The zero-order valence-corrected chi connectivity index (χ0v) is 19.6. The van der Waals surface area contributed by atoms with E-state index in [4.69, 9.17) is 0 Å². The third-order valence-corrected chi connectivity index (χ3v) is 6.62. The van der Waals surface area contributed by atoms with Crippen molar-refractivity contribution in [1.29, 1.82) is 0 Å². The Bertz CT molecular complexity index is 1210. The summed E-state index contributed by atoms with van der Waals surface area (Å²) in [4.78, 5) is 8.41. The summed E-state index contributed by atoms with van der Waals surface area (Å²) < 4.78 is 0. The minimum absolute atomic E-state index is 0.273. The van der Waals surface area contributed by atoms with Gasteiger partial charge in [-0.25, -0.2) is 0 Å². The number of nitrogens with one attached hydrogen (secondary N) is 1. The van der Waals surface area contributed by atoms with Crippen LogP contribution in [0.25, 0.3) is 17.3 Å². The lowest BCUT2D eigenvalue weighted by molar-refractivity contribution is 0.620. The minimum atomic E-state index is -0.273. The number of aromatic nitrogens is 3. The van der Waals surface area contributed by atoms with Crippen LogP contribution in [0, 0.1) is 0 Å². The zero-order valence-electron chi connectivity index (χ0n) is 19.6. The molecule has 0 aliphatic heterocycles. The molecule has 0 atom stereocenters. The largest absolute Gasteiger partial charge is 0.378 e. The quantitative estimate of drug-likeness (QED) is 0.470. The van der Waals surface area contributed by atoms with Crippen molar-refractivity contribution < 1.29 is 0 Å². The van der Waals surface area contributed by atoms with Gasteiger partial charge in [0.1, 0.15) is 0 Å². The summed E-state index contributed by atoms with van der Waals surface area (Å²) in [6, 6.07) is 21.8. The van der Waals surface area contributed by atoms with Gasteiger partial charge in [0.25, 0.3) is 0 Å². The summed E-state index contributed by atoms with van der Waals surface area (Å²) in [5, 5.41) is 8.02. The van der Waals surface area contributed by atoms with Crippen LogP contribution in [-0.2, 0) is 11.8 Å². The molecule has 0 saturated carbocycles. The van der Waals surface area contributed by atoms with E-state index in [2.05, 4.69) is 114 Å². The number of aromatic amines is 1. The maximum atomic E-state index is 4.68. The molecule has 33 heavy (non-hydrogen) atoms. The van der Waals surface area contributed by atoms with Crippen molar-refractivity contribution in [3.05, 3.63) is 102 Å². The van der Waals surface area contributed by atoms with Crippen LogP contribution in [0.2, 0.25) is 0 Å². The number of fused-ring (bicyclic) bond motifs is 1. The van der Waals surface area contributed by atoms with Gasteiger partial charge in [-0.1, -0.05) is 36.4 Å². The van der Waals surface area contributed by atoms with Gasteiger partial charge in [-0.15, -0.1) is 0 Å². The standard InChI is InChI=1S/C28H29N5/c1-32(2)23-9-5-21(6-10-23)28(22-7-11-24(12-8-22)33(3)4)16-13-25-26(19-28)30-31-27(25)20-14-17-29-18-15-20/h5-18H,19H2,1-4H3,(H,30,31). The van der Waals surface area contributed by atoms with Crippen molar-refractivity contribution in [2.45, 2.75) is 11.8 Å². The van der Waals surface area contributed by atoms with Crippen LogP contribution < -0.4 is 9.80 Å². The molecule has 166 valence electrons. The lowest BCUT2D eigenvalue weighted by atomic mass is 9.68. The van der Waals surface area contributed by atoms with Crippen LogP contribution in [0.3, 0.4) is 0 Å². The van der Waals surface area contributed by atoms with Crippen molar-refractivity contribution >= 4 is 17.5 Å². The number of hydrogen-bond acceptors (Lipinski definition) is 4. The third kappa shape index (κ3) is 3.69. The lowest BCUT2D eigenvalue weighted by Gasteiger charge is -2.35. The van der Waals surface area contributed by atoms with Gasteiger partial charge in [-0.2, -0.15) is 5.10 Å². The molecule has 0 fully saturated rings. The zero-order chi connectivity index (χ0) is 23.0. The van der Waals surface area contributed by atoms with Crippen LogP contribution in [0.15, 0.2) is 79.1 Å². The van der Waals surface area contributed by atoms with E-state index < -0.39 is 0 Å². The summed E-state index contributed by atoms with van der Waals surface area (Å²) in [5.74, 6) is 0. The second-order valence-electron chi connectivity index (χ2n) is 9.06. The third-order valence-electron chi connectivity index (χ3n) is 6.62. The number of allylic oxidation sites excluding steroid dienone is 1. The van der Waals surface area contributed by atoms with Crippen LogP contribution >= 0.6 is 0 Å². The molecule has 0 saturated heterocycles. The number of H-pyrrole nitrogens is 1. The van der Waals surface area contributed by atoms with Crippen LogP contribution in [0.4, 0.5) is 11.4 Å². The predicted molar refractivity (Wildman–Crippen MR) is 137 cm³/mol. The highest BCUT2D eigenvalue weighted by molar-refractivity contribution is 5.76. The Kier molecular flexibility index (Phi) is 5.25. The molecule has 2 aromatic heterocycles. The summed E-state index contributed by atoms with van der Waals surface area (Å²) in [5.41, 5.74) is 9.01. The molecule has 0 amide bonds. The number of rotatable bonds is 5. The Balaban J connectivity index is 1.62. The van der Waals surface area contributed by atoms with E-state index in [1.807, 2.05) is 24.5 Å². The molecule has 2 aromatic carbocycles. The van der Waals surface area contributed by atoms with Crippen molar-refractivity contribution in [3.8, 4) is 11.3 Å². The van der Waals surface area contributed by atoms with Gasteiger partial charge < -0.3 is 9.80 Å². The van der Waals surface area contributed by atoms with Crippen molar-refractivity contribution in [2.75, 3.05) is 38.0 Å². The van der Waals surface area contributed by atoms with E-state index in [0.29, 0.717) is 0 Å². The van der Waals surface area contributed by atoms with E-state index in [1.165, 1.54) is 22.5 Å². The van der Waals surface area contributed by atoms with Gasteiger partial charge >= 0.3 is 0 Å². The average Bonchev–Trinajstić information content (AvgIpc) is 3.27. The second kappa shape index (κ2) is 8.24. The number of anilines is 2. The molecular weight excluding hydrogens is 406 g/mol. The highest BCUT2D eigenvalue weighted by atomic mass is 15.1. The molecule has 5 rings (SSSR count). The molecule has 5 heteroatoms. The van der Waals surface area contributed by atoms with Crippen molar-refractivity contribution in [1.82, 2.24) is 15.2 Å². The summed E-state index contributed by atoms with van der Waals surface area (Å²) in [6.07, 6.45) is 9.03. The summed E-state index contributed by atoms with van der Waals surface area (Å²) in [6.45, 7) is 0. The van der Waals surface area contributed by atoms with Gasteiger partial charge in [0.15, 0.2) is 0 Å². The Hall–Kier alpha value is -3.86. The molecule has 0 unspecified atom stereocenters. The lowest BCUT2D eigenvalue weighted by Crippen LogP contribution is -2.30. The first kappa shape index (κ1) is 21.0. The number of nitrogens with zero attached hydrogens (tertiary/aromatic N) is 4. The van der Waals surface area contributed by atoms with E-state index in [1.54, 1.807) is 0 Å². The topological polar surface area (TPSA) is 48.1 Å². The molecule has 5 nitrogen and oxygen atoms in total. The fourth-order valence-corrected chi connectivity index (χ4v) is 4.67. The van der Waals surface area contributed by atoms with Gasteiger partial charge in [-0.05, 0) is 47.5 Å². The molecule has 2 heterocycles. The first-order chi connectivity index (χ1) is 16.0. The monoisotopic (exact) mass is 435 g/mol. The molecule has 0 radical (unpaired) electrons. The van der Waals surface area contributed by atoms with E-state index in [-0.39, 0.29) is 5.41 Å². The molecule has 1 aliphatic carbocycles. The predicted octanol–water partition coefficient (Wildman–Crippen LogP) is 5.16. The van der Waals surface area contributed by atoms with Crippen LogP contribution in [0.1, 0.15) is 22.4 Å². The summed E-state index contributed by atoms with van der Waals surface area (Å²) in [7, 11) is 8.29. The molecule has 4 aromatic rings. The van der Waals surface area contributed by atoms with Crippen molar-refractivity contribution in [2.24, 2.45) is 0 Å². The normalized spacial score (nSPS) is 14.1. The fraction of sp³-hybridized carbons (Fsp3) is 0.214. The van der Waals surface area contributed by atoms with Gasteiger partial charge in [0.2, 0.25) is 0 Å². The number of benzene rings is 2. The SMILES string of the molecule is CN(C)c1ccc(C2(c3ccc(N(C)C)cc3)C=Cc3c(-c4ccncc4)n[nH]c3C2)cc1. The van der Waals surface area contributed by atoms with Crippen molar-refractivity contribution in [3.63, 3.8) is 0 Å².